The standard InChI is InChI=1S/C15H17IN2O2S/c1-10(2)15-18-12(9-21-15)7-17-14(19)8-20-13-5-3-11(16)4-6-13/h3-6,9-10H,7-8H2,1-2H3,(H,17,19). The number of hydrogen-bond acceptors (Lipinski definition) is 4. The molecular weight excluding hydrogens is 399 g/mol. The van der Waals surface area contributed by atoms with Crippen molar-refractivity contribution >= 4 is 39.8 Å². The zero-order chi connectivity index (χ0) is 15.2. The van der Waals surface area contributed by atoms with Crippen molar-refractivity contribution in [2.24, 2.45) is 0 Å². The van der Waals surface area contributed by atoms with Gasteiger partial charge in [0.15, 0.2) is 6.61 Å². The number of rotatable bonds is 6. The molecule has 6 heteroatoms. The van der Waals surface area contributed by atoms with E-state index in [-0.39, 0.29) is 12.5 Å². The number of aromatic nitrogens is 1. The van der Waals surface area contributed by atoms with E-state index in [9.17, 15) is 4.79 Å². The highest BCUT2D eigenvalue weighted by Gasteiger charge is 2.07. The fraction of sp³-hybridized carbons (Fsp3) is 0.333. The Kier molecular flexibility index (Phi) is 5.98. The van der Waals surface area contributed by atoms with Crippen LogP contribution in [0.1, 0.15) is 30.5 Å². The fourth-order valence-electron chi connectivity index (χ4n) is 1.59. The van der Waals surface area contributed by atoms with E-state index in [0.29, 0.717) is 18.2 Å². The highest BCUT2D eigenvalue weighted by Crippen LogP contribution is 2.19. The number of hydrogen-bond donors (Lipinski definition) is 1. The van der Waals surface area contributed by atoms with Crippen LogP contribution in [-0.2, 0) is 11.3 Å². The summed E-state index contributed by atoms with van der Waals surface area (Å²) in [4.78, 5) is 16.2. The van der Waals surface area contributed by atoms with Crippen LogP contribution in [0.25, 0.3) is 0 Å². The molecule has 0 saturated carbocycles. The first-order valence-electron chi connectivity index (χ1n) is 6.64. The quantitative estimate of drug-likeness (QED) is 0.733. The van der Waals surface area contributed by atoms with Gasteiger partial charge in [0.2, 0.25) is 0 Å². The monoisotopic (exact) mass is 416 g/mol. The summed E-state index contributed by atoms with van der Waals surface area (Å²) < 4.78 is 6.55. The molecule has 1 aromatic heterocycles. The summed E-state index contributed by atoms with van der Waals surface area (Å²) in [6.07, 6.45) is 0. The Balaban J connectivity index is 1.75. The van der Waals surface area contributed by atoms with E-state index in [0.717, 1.165) is 14.3 Å². The summed E-state index contributed by atoms with van der Waals surface area (Å²) >= 11 is 3.85. The first-order chi connectivity index (χ1) is 10.0. The van der Waals surface area contributed by atoms with E-state index in [1.54, 1.807) is 11.3 Å². The second kappa shape index (κ2) is 7.74. The number of benzene rings is 1. The topological polar surface area (TPSA) is 51.2 Å². The molecule has 1 N–H and O–H groups in total. The summed E-state index contributed by atoms with van der Waals surface area (Å²) in [5, 5.41) is 5.89. The van der Waals surface area contributed by atoms with Crippen LogP contribution in [0.2, 0.25) is 0 Å². The van der Waals surface area contributed by atoms with Crippen molar-refractivity contribution in [3.63, 3.8) is 0 Å². The number of amides is 1. The normalized spacial score (nSPS) is 10.7. The molecule has 112 valence electrons. The number of carbonyl (C=O) groups is 1. The molecule has 0 aliphatic carbocycles. The molecule has 1 amide bonds. The number of nitrogens with zero attached hydrogens (tertiary/aromatic N) is 1. The number of halogens is 1. The lowest BCUT2D eigenvalue weighted by atomic mass is 10.2. The number of ether oxygens (including phenoxy) is 1. The van der Waals surface area contributed by atoms with Crippen LogP contribution in [-0.4, -0.2) is 17.5 Å². The van der Waals surface area contributed by atoms with Crippen molar-refractivity contribution in [1.82, 2.24) is 10.3 Å². The number of carbonyl (C=O) groups excluding carboxylic acids is 1. The second-order valence-corrected chi connectivity index (χ2v) is 6.99. The van der Waals surface area contributed by atoms with E-state index in [2.05, 4.69) is 46.7 Å². The smallest absolute Gasteiger partial charge is 0.258 e. The molecule has 21 heavy (non-hydrogen) atoms. The second-order valence-electron chi connectivity index (χ2n) is 4.85. The van der Waals surface area contributed by atoms with E-state index < -0.39 is 0 Å². The van der Waals surface area contributed by atoms with E-state index in [1.807, 2.05) is 29.6 Å². The summed E-state index contributed by atoms with van der Waals surface area (Å²) in [5.74, 6) is 0.970. The Morgan fingerprint density at radius 2 is 2.10 bits per heavy atom. The first kappa shape index (κ1) is 16.2. The minimum Gasteiger partial charge on any atom is -0.484 e. The fourth-order valence-corrected chi connectivity index (χ4v) is 2.78. The van der Waals surface area contributed by atoms with Crippen molar-refractivity contribution in [2.45, 2.75) is 26.3 Å². The minimum atomic E-state index is -0.146. The van der Waals surface area contributed by atoms with Gasteiger partial charge in [0.05, 0.1) is 17.2 Å². The SMILES string of the molecule is CC(C)c1nc(CNC(=O)COc2ccc(I)cc2)cs1. The molecule has 0 atom stereocenters. The third-order valence-electron chi connectivity index (χ3n) is 2.71. The van der Waals surface area contributed by atoms with Gasteiger partial charge in [-0.25, -0.2) is 4.98 Å². The van der Waals surface area contributed by atoms with Crippen molar-refractivity contribution < 1.29 is 9.53 Å². The Hall–Kier alpha value is -1.15. The highest BCUT2D eigenvalue weighted by molar-refractivity contribution is 14.1. The number of thiazole rings is 1. The predicted octanol–water partition coefficient (Wildman–Crippen LogP) is 3.57. The van der Waals surface area contributed by atoms with E-state index in [4.69, 9.17) is 4.74 Å². The largest absolute Gasteiger partial charge is 0.484 e. The molecule has 0 aliphatic heterocycles. The van der Waals surface area contributed by atoms with Gasteiger partial charge in [-0.05, 0) is 46.9 Å². The lowest BCUT2D eigenvalue weighted by molar-refractivity contribution is -0.123. The molecule has 2 aromatic rings. The van der Waals surface area contributed by atoms with Gasteiger partial charge in [-0.15, -0.1) is 11.3 Å². The van der Waals surface area contributed by atoms with Crippen LogP contribution in [0.15, 0.2) is 29.6 Å². The Bertz CT molecular complexity index is 596. The third-order valence-corrected chi connectivity index (χ3v) is 4.63. The molecule has 0 aliphatic rings. The van der Waals surface area contributed by atoms with Crippen LogP contribution in [0.3, 0.4) is 0 Å². The molecular formula is C15H17IN2O2S. The first-order valence-corrected chi connectivity index (χ1v) is 8.60. The van der Waals surface area contributed by atoms with Crippen LogP contribution in [0.5, 0.6) is 5.75 Å². The summed E-state index contributed by atoms with van der Waals surface area (Å²) in [7, 11) is 0. The molecule has 0 bridgehead atoms. The molecule has 0 saturated heterocycles. The van der Waals surface area contributed by atoms with Crippen molar-refractivity contribution in [3.05, 3.63) is 43.9 Å². The maximum absolute atomic E-state index is 11.7. The van der Waals surface area contributed by atoms with Crippen molar-refractivity contribution in [2.75, 3.05) is 6.61 Å². The van der Waals surface area contributed by atoms with Crippen molar-refractivity contribution in [1.29, 1.82) is 0 Å². The minimum absolute atomic E-state index is 0.0156. The predicted molar refractivity (Wildman–Crippen MR) is 92.7 cm³/mol. The average molecular weight is 416 g/mol. The van der Waals surface area contributed by atoms with Gasteiger partial charge < -0.3 is 10.1 Å². The third kappa shape index (κ3) is 5.28. The zero-order valence-corrected chi connectivity index (χ0v) is 14.9. The zero-order valence-electron chi connectivity index (χ0n) is 11.9. The summed E-state index contributed by atoms with van der Waals surface area (Å²) in [6.45, 7) is 4.67. The van der Waals surface area contributed by atoms with Crippen LogP contribution >= 0.6 is 33.9 Å². The molecule has 0 unspecified atom stereocenters. The highest BCUT2D eigenvalue weighted by atomic mass is 127. The summed E-state index contributed by atoms with van der Waals surface area (Å²) in [5.41, 5.74) is 0.895. The van der Waals surface area contributed by atoms with Gasteiger partial charge in [0.1, 0.15) is 5.75 Å². The molecule has 0 fully saturated rings. The van der Waals surface area contributed by atoms with Gasteiger partial charge in [0.25, 0.3) is 5.91 Å². The molecule has 2 rings (SSSR count). The van der Waals surface area contributed by atoms with E-state index in [1.165, 1.54) is 0 Å². The average Bonchev–Trinajstić information content (AvgIpc) is 2.93. The van der Waals surface area contributed by atoms with Crippen LogP contribution in [0, 0.1) is 3.57 Å². The molecule has 0 spiro atoms. The van der Waals surface area contributed by atoms with Crippen LogP contribution < -0.4 is 10.1 Å². The molecule has 1 heterocycles. The molecule has 0 radical (unpaired) electrons. The van der Waals surface area contributed by atoms with Gasteiger partial charge in [-0.3, -0.25) is 4.79 Å². The van der Waals surface area contributed by atoms with E-state index >= 15 is 0 Å². The van der Waals surface area contributed by atoms with Crippen molar-refractivity contribution in [3.8, 4) is 5.75 Å². The Morgan fingerprint density at radius 1 is 1.38 bits per heavy atom. The van der Waals surface area contributed by atoms with Gasteiger partial charge >= 0.3 is 0 Å². The van der Waals surface area contributed by atoms with Gasteiger partial charge in [0, 0.05) is 14.9 Å². The Labute approximate surface area is 142 Å². The maximum atomic E-state index is 11.7. The van der Waals surface area contributed by atoms with Crippen LogP contribution in [0.4, 0.5) is 0 Å². The number of nitrogens with one attached hydrogen (secondary N) is 1. The lowest BCUT2D eigenvalue weighted by Gasteiger charge is -2.06. The Morgan fingerprint density at radius 3 is 2.71 bits per heavy atom. The molecule has 1 aromatic carbocycles. The maximum Gasteiger partial charge on any atom is 0.258 e. The summed E-state index contributed by atoms with van der Waals surface area (Å²) in [6, 6.07) is 7.59. The van der Waals surface area contributed by atoms with Gasteiger partial charge in [-0.2, -0.15) is 0 Å². The molecule has 4 nitrogen and oxygen atoms in total. The lowest BCUT2D eigenvalue weighted by Crippen LogP contribution is -2.28. The van der Waals surface area contributed by atoms with Gasteiger partial charge in [-0.1, -0.05) is 13.8 Å².